The van der Waals surface area contributed by atoms with Gasteiger partial charge in [0.2, 0.25) is 5.06 Å². The molecule has 4 heterocycles. The van der Waals surface area contributed by atoms with Crippen LogP contribution in [0.5, 0.6) is 5.06 Å². The number of piperidine rings is 1. The number of anilines is 1. The first-order valence-electron chi connectivity index (χ1n) is 10.6. The molecule has 14 heteroatoms. The van der Waals surface area contributed by atoms with Crippen LogP contribution in [0.25, 0.3) is 11.4 Å². The van der Waals surface area contributed by atoms with Gasteiger partial charge >= 0.3 is 6.16 Å². The van der Waals surface area contributed by atoms with Crippen molar-refractivity contribution in [3.63, 3.8) is 0 Å². The van der Waals surface area contributed by atoms with E-state index in [9.17, 15) is 9.59 Å². The van der Waals surface area contributed by atoms with Gasteiger partial charge in [0.1, 0.15) is 23.9 Å². The van der Waals surface area contributed by atoms with Gasteiger partial charge in [-0.2, -0.15) is 0 Å². The Hall–Kier alpha value is -2.96. The van der Waals surface area contributed by atoms with E-state index in [1.54, 1.807) is 24.8 Å². The van der Waals surface area contributed by atoms with Crippen LogP contribution >= 0.6 is 34.5 Å². The minimum absolute atomic E-state index is 0.0290. The lowest BCUT2D eigenvalue weighted by Gasteiger charge is -2.34. The van der Waals surface area contributed by atoms with Crippen molar-refractivity contribution in [2.45, 2.75) is 32.5 Å². The molecule has 186 valence electrons. The highest BCUT2D eigenvalue weighted by molar-refractivity contribution is 7.18. The number of aromatic amines is 1. The number of rotatable bonds is 6. The normalized spacial score (nSPS) is 17.8. The summed E-state index contributed by atoms with van der Waals surface area (Å²) in [4.78, 5) is 41.7. The Morgan fingerprint density at radius 2 is 2.17 bits per heavy atom. The number of halogens is 3. The third-order valence-corrected chi connectivity index (χ3v) is 7.20. The Bertz CT molecular complexity index is 1220. The Kier molecular flexibility index (Phi) is 7.72. The number of hydrogen-bond donors (Lipinski definition) is 2. The number of ether oxygens (including phenoxy) is 2. The second-order valence-electron chi connectivity index (χ2n) is 7.60. The number of alkyl halides is 1. The van der Waals surface area contributed by atoms with E-state index in [4.69, 9.17) is 32.7 Å². The molecular weight excluding hydrogens is 522 g/mol. The third kappa shape index (κ3) is 5.49. The number of amides is 1. The molecule has 35 heavy (non-hydrogen) atoms. The Labute approximate surface area is 213 Å². The number of aromatic nitrogens is 4. The van der Waals surface area contributed by atoms with E-state index in [1.165, 1.54) is 12.5 Å². The summed E-state index contributed by atoms with van der Waals surface area (Å²) in [6.07, 6.45) is 0.931. The van der Waals surface area contributed by atoms with Crippen LogP contribution in [0.4, 0.5) is 14.3 Å². The number of aryl methyl sites for hydroxylation is 1. The van der Waals surface area contributed by atoms with Gasteiger partial charge < -0.3 is 24.7 Å². The second-order valence-corrected chi connectivity index (χ2v) is 9.29. The Balaban J connectivity index is 1.48. The van der Waals surface area contributed by atoms with Crippen molar-refractivity contribution in [1.82, 2.24) is 25.3 Å². The van der Waals surface area contributed by atoms with Crippen LogP contribution in [0.2, 0.25) is 10.0 Å². The van der Waals surface area contributed by atoms with Crippen molar-refractivity contribution in [1.29, 1.82) is 0 Å². The maximum Gasteiger partial charge on any atom is 0.514 e. The van der Waals surface area contributed by atoms with Crippen LogP contribution in [0.15, 0.2) is 18.6 Å². The van der Waals surface area contributed by atoms with Gasteiger partial charge in [0.15, 0.2) is 5.13 Å². The highest BCUT2D eigenvalue weighted by Gasteiger charge is 2.34. The molecule has 0 radical (unpaired) electrons. The van der Waals surface area contributed by atoms with Crippen molar-refractivity contribution >= 4 is 51.7 Å². The first kappa shape index (κ1) is 25.1. The summed E-state index contributed by atoms with van der Waals surface area (Å²) < 4.78 is 25.3. The molecule has 1 fully saturated rings. The lowest BCUT2D eigenvalue weighted by atomic mass is 10.0. The predicted molar refractivity (Wildman–Crippen MR) is 129 cm³/mol. The van der Waals surface area contributed by atoms with E-state index in [2.05, 4.69) is 25.3 Å². The molecule has 3 aromatic heterocycles. The van der Waals surface area contributed by atoms with Crippen molar-refractivity contribution < 1.29 is 23.5 Å². The molecule has 1 aliphatic rings. The molecule has 1 aliphatic heterocycles. The summed E-state index contributed by atoms with van der Waals surface area (Å²) in [6.45, 7) is 3.87. The van der Waals surface area contributed by atoms with Crippen molar-refractivity contribution in [2.24, 2.45) is 0 Å². The number of H-pyrrole nitrogens is 1. The zero-order valence-corrected chi connectivity index (χ0v) is 21.0. The van der Waals surface area contributed by atoms with Gasteiger partial charge in [-0.15, -0.1) is 0 Å². The molecule has 2 atom stereocenters. The number of carbonyl (C=O) groups is 2. The zero-order chi connectivity index (χ0) is 25.1. The smallest absolute Gasteiger partial charge is 0.434 e. The van der Waals surface area contributed by atoms with E-state index in [1.807, 2.05) is 0 Å². The van der Waals surface area contributed by atoms with Gasteiger partial charge in [-0.05, 0) is 26.3 Å². The standard InChI is InChI=1S/C21H21Cl2FN6O4S/c1-3-33-21(32)34-19-16(13-4-6-25-9-26-13)29-20(35-19)30-7-5-12(11(24)8-30)28-18(31)17-15(23)14(22)10(2)27-17/h4,6,9,11-12,27H,3,5,7-8H2,1-2H3,(H,28,31)/t11-,12+/m0/s1. The number of nitrogens with zero attached hydrogens (tertiary/aromatic N) is 4. The highest BCUT2D eigenvalue weighted by atomic mass is 35.5. The highest BCUT2D eigenvalue weighted by Crippen LogP contribution is 2.40. The van der Waals surface area contributed by atoms with Crippen LogP contribution in [-0.4, -0.2) is 63.9 Å². The maximum absolute atomic E-state index is 15.1. The zero-order valence-electron chi connectivity index (χ0n) is 18.7. The monoisotopic (exact) mass is 542 g/mol. The summed E-state index contributed by atoms with van der Waals surface area (Å²) in [7, 11) is 0. The third-order valence-electron chi connectivity index (χ3n) is 5.26. The summed E-state index contributed by atoms with van der Waals surface area (Å²) in [6, 6.07) is 0.893. The van der Waals surface area contributed by atoms with E-state index < -0.39 is 24.3 Å². The predicted octanol–water partition coefficient (Wildman–Crippen LogP) is 4.43. The number of nitrogens with one attached hydrogen (secondary N) is 2. The second kappa shape index (κ2) is 10.8. The van der Waals surface area contributed by atoms with E-state index >= 15 is 4.39 Å². The summed E-state index contributed by atoms with van der Waals surface area (Å²) in [5, 5.41) is 3.67. The molecule has 1 amide bonds. The molecule has 2 N–H and O–H groups in total. The molecule has 10 nitrogen and oxygen atoms in total. The largest absolute Gasteiger partial charge is 0.514 e. The Morgan fingerprint density at radius 1 is 1.37 bits per heavy atom. The maximum atomic E-state index is 15.1. The quantitative estimate of drug-likeness (QED) is 0.438. The number of thiazole rings is 1. The van der Waals surface area contributed by atoms with Gasteiger partial charge in [-0.3, -0.25) is 4.79 Å². The van der Waals surface area contributed by atoms with E-state index in [0.29, 0.717) is 35.2 Å². The molecule has 0 bridgehead atoms. The molecule has 4 rings (SSSR count). The first-order valence-corrected chi connectivity index (χ1v) is 12.2. The first-order chi connectivity index (χ1) is 16.8. The molecule has 0 aliphatic carbocycles. The summed E-state index contributed by atoms with van der Waals surface area (Å²) in [5.74, 6) is -0.531. The van der Waals surface area contributed by atoms with Gasteiger partial charge in [-0.1, -0.05) is 34.5 Å². The molecule has 0 saturated carbocycles. The fraction of sp³-hybridized carbons (Fsp3) is 0.381. The van der Waals surface area contributed by atoms with Gasteiger partial charge in [0, 0.05) is 18.4 Å². The molecule has 3 aromatic rings. The molecular formula is C21H21Cl2FN6O4S. The van der Waals surface area contributed by atoms with Gasteiger partial charge in [0.25, 0.3) is 5.91 Å². The van der Waals surface area contributed by atoms with Crippen LogP contribution in [0.3, 0.4) is 0 Å². The molecule has 0 unspecified atom stereocenters. The van der Waals surface area contributed by atoms with Crippen LogP contribution < -0.4 is 15.0 Å². The average Bonchev–Trinajstić information content (AvgIpc) is 3.37. The van der Waals surface area contributed by atoms with Gasteiger partial charge in [0.05, 0.1) is 34.9 Å². The number of carbonyl (C=O) groups excluding carboxylic acids is 2. The van der Waals surface area contributed by atoms with E-state index in [0.717, 1.165) is 11.3 Å². The summed E-state index contributed by atoms with van der Waals surface area (Å²) in [5.41, 5.74) is 1.41. The van der Waals surface area contributed by atoms with Crippen LogP contribution in [-0.2, 0) is 4.74 Å². The van der Waals surface area contributed by atoms with Crippen molar-refractivity contribution in [3.05, 3.63) is 40.0 Å². The SMILES string of the molecule is CCOC(=O)Oc1sc(N2CC[C@@H](NC(=O)c3[nH]c(C)c(Cl)c3Cl)[C@@H](F)C2)nc1-c1ccncn1. The molecule has 1 saturated heterocycles. The van der Waals surface area contributed by atoms with Crippen LogP contribution in [0.1, 0.15) is 29.5 Å². The fourth-order valence-corrected chi connectivity index (χ4v) is 4.90. The minimum Gasteiger partial charge on any atom is -0.434 e. The van der Waals surface area contributed by atoms with Crippen molar-refractivity contribution in [2.75, 3.05) is 24.6 Å². The molecule has 0 spiro atoms. The Morgan fingerprint density at radius 3 is 2.80 bits per heavy atom. The van der Waals surface area contributed by atoms with E-state index in [-0.39, 0.29) is 34.0 Å². The lowest BCUT2D eigenvalue weighted by Crippen LogP contribution is -2.52. The summed E-state index contributed by atoms with van der Waals surface area (Å²) >= 11 is 13.2. The fourth-order valence-electron chi connectivity index (χ4n) is 3.53. The topological polar surface area (TPSA) is 122 Å². The van der Waals surface area contributed by atoms with Crippen LogP contribution in [0, 0.1) is 6.92 Å². The van der Waals surface area contributed by atoms with Crippen molar-refractivity contribution in [3.8, 4) is 16.5 Å². The minimum atomic E-state index is -1.39. The number of hydrogen-bond acceptors (Lipinski definition) is 9. The molecule has 0 aromatic carbocycles. The average molecular weight is 543 g/mol. The lowest BCUT2D eigenvalue weighted by molar-refractivity contribution is 0.0893. The van der Waals surface area contributed by atoms with Gasteiger partial charge in [-0.25, -0.2) is 24.1 Å².